The molecule has 0 unspecified atom stereocenters. The molecule has 2 amide bonds. The molecule has 0 aliphatic rings. The van der Waals surface area contributed by atoms with Crippen LogP contribution in [0.2, 0.25) is 5.02 Å². The van der Waals surface area contributed by atoms with Gasteiger partial charge >= 0.3 is 0 Å². The number of hydrogen-bond acceptors (Lipinski definition) is 4. The second kappa shape index (κ2) is 11.9. The second-order valence-electron chi connectivity index (χ2n) is 8.18. The molecule has 0 aliphatic carbocycles. The maximum absolute atomic E-state index is 13.4. The van der Waals surface area contributed by atoms with Gasteiger partial charge in [-0.25, -0.2) is 8.42 Å². The minimum atomic E-state index is -3.78. The van der Waals surface area contributed by atoms with Crippen molar-refractivity contribution >= 4 is 55.1 Å². The Morgan fingerprint density at radius 3 is 2.21 bits per heavy atom. The van der Waals surface area contributed by atoms with Crippen molar-refractivity contribution in [3.8, 4) is 0 Å². The Bertz CT molecular complexity index is 1080. The molecule has 0 heterocycles. The number of nitrogens with one attached hydrogen (secondary N) is 1. The Hall–Kier alpha value is -2.10. The summed E-state index contributed by atoms with van der Waals surface area (Å²) in [4.78, 5) is 27.6. The van der Waals surface area contributed by atoms with E-state index in [1.54, 1.807) is 55.5 Å². The molecule has 33 heavy (non-hydrogen) atoms. The maximum Gasteiger partial charge on any atom is 0.244 e. The van der Waals surface area contributed by atoms with Crippen LogP contribution in [0.4, 0.5) is 5.69 Å². The summed E-state index contributed by atoms with van der Waals surface area (Å²) >= 11 is 9.33. The molecule has 0 saturated carbocycles. The molecule has 2 rings (SSSR count). The topological polar surface area (TPSA) is 86.8 Å². The van der Waals surface area contributed by atoms with E-state index >= 15 is 0 Å². The van der Waals surface area contributed by atoms with E-state index in [-0.39, 0.29) is 18.4 Å². The average molecular weight is 559 g/mol. The summed E-state index contributed by atoms with van der Waals surface area (Å²) in [5, 5.41) is 3.40. The van der Waals surface area contributed by atoms with Crippen molar-refractivity contribution in [1.29, 1.82) is 0 Å². The molecule has 0 fully saturated rings. The van der Waals surface area contributed by atoms with Crippen molar-refractivity contribution < 1.29 is 18.0 Å². The van der Waals surface area contributed by atoms with Gasteiger partial charge in [0.15, 0.2) is 0 Å². The molecule has 7 nitrogen and oxygen atoms in total. The Balaban J connectivity index is 2.36. The summed E-state index contributed by atoms with van der Waals surface area (Å²) in [6.45, 7) is 5.73. The lowest BCUT2D eigenvalue weighted by atomic mass is 10.1. The number of carbonyl (C=O) groups excluding carboxylic acids is 2. The number of amides is 2. The van der Waals surface area contributed by atoms with Crippen molar-refractivity contribution in [2.24, 2.45) is 5.92 Å². The average Bonchev–Trinajstić information content (AvgIpc) is 2.74. The number of anilines is 1. The van der Waals surface area contributed by atoms with Crippen molar-refractivity contribution in [2.45, 2.75) is 33.4 Å². The molecule has 0 aliphatic heterocycles. The highest BCUT2D eigenvalue weighted by Gasteiger charge is 2.30. The number of benzene rings is 2. The van der Waals surface area contributed by atoms with Gasteiger partial charge < -0.3 is 10.2 Å². The van der Waals surface area contributed by atoms with E-state index < -0.39 is 28.5 Å². The number of para-hydroxylation sites is 1. The Morgan fingerprint density at radius 2 is 1.67 bits per heavy atom. The van der Waals surface area contributed by atoms with Crippen LogP contribution < -0.4 is 9.62 Å². The van der Waals surface area contributed by atoms with E-state index in [0.29, 0.717) is 21.7 Å². The van der Waals surface area contributed by atoms with Gasteiger partial charge in [-0.2, -0.15) is 0 Å². The smallest absolute Gasteiger partial charge is 0.244 e. The van der Waals surface area contributed by atoms with Gasteiger partial charge in [0.25, 0.3) is 0 Å². The van der Waals surface area contributed by atoms with Crippen LogP contribution in [0.25, 0.3) is 0 Å². The maximum atomic E-state index is 13.4. The van der Waals surface area contributed by atoms with Crippen LogP contribution in [0.3, 0.4) is 0 Å². The first kappa shape index (κ1) is 27.1. The summed E-state index contributed by atoms with van der Waals surface area (Å²) in [7, 11) is -3.78. The standard InChI is InChI=1S/C23H29BrClN3O4S/c1-16(2)13-26-23(30)17(3)27(14-18-9-11-19(25)12-10-18)22(29)15-28(33(4,31)32)21-8-6-5-7-20(21)24/h5-12,16-17H,13-15H2,1-4H3,(H,26,30)/t17-/m0/s1. The van der Waals surface area contributed by atoms with Crippen LogP contribution in [0.5, 0.6) is 0 Å². The number of hydrogen-bond donors (Lipinski definition) is 1. The van der Waals surface area contributed by atoms with Crippen LogP contribution in [0.1, 0.15) is 26.3 Å². The number of halogens is 2. The van der Waals surface area contributed by atoms with Crippen LogP contribution in [0, 0.1) is 5.92 Å². The Labute approximate surface area is 209 Å². The fraction of sp³-hybridized carbons (Fsp3) is 0.391. The van der Waals surface area contributed by atoms with E-state index in [2.05, 4.69) is 21.2 Å². The van der Waals surface area contributed by atoms with Gasteiger partial charge in [-0.05, 0) is 58.6 Å². The molecule has 180 valence electrons. The highest BCUT2D eigenvalue weighted by Crippen LogP contribution is 2.28. The zero-order valence-corrected chi connectivity index (χ0v) is 22.2. The first-order chi connectivity index (χ1) is 15.4. The molecule has 2 aromatic rings. The first-order valence-corrected chi connectivity index (χ1v) is 13.5. The van der Waals surface area contributed by atoms with Crippen LogP contribution in [-0.4, -0.2) is 50.5 Å². The largest absolute Gasteiger partial charge is 0.354 e. The minimum absolute atomic E-state index is 0.125. The molecule has 2 aromatic carbocycles. The van der Waals surface area contributed by atoms with Crippen LogP contribution >= 0.6 is 27.5 Å². The number of sulfonamides is 1. The fourth-order valence-corrected chi connectivity index (χ4v) is 4.67. The zero-order chi connectivity index (χ0) is 24.8. The quantitative estimate of drug-likeness (QED) is 0.477. The van der Waals surface area contributed by atoms with Gasteiger partial charge in [0.1, 0.15) is 12.6 Å². The third-order valence-electron chi connectivity index (χ3n) is 4.92. The summed E-state index contributed by atoms with van der Waals surface area (Å²) in [6.07, 6.45) is 1.04. The van der Waals surface area contributed by atoms with Crippen molar-refractivity contribution in [2.75, 3.05) is 23.7 Å². The zero-order valence-electron chi connectivity index (χ0n) is 19.1. The summed E-state index contributed by atoms with van der Waals surface area (Å²) < 4.78 is 26.7. The second-order valence-corrected chi connectivity index (χ2v) is 11.4. The van der Waals surface area contributed by atoms with Gasteiger partial charge in [0, 0.05) is 22.6 Å². The lowest BCUT2D eigenvalue weighted by Crippen LogP contribution is -2.51. The molecule has 0 aromatic heterocycles. The van der Waals surface area contributed by atoms with E-state index in [4.69, 9.17) is 11.6 Å². The highest BCUT2D eigenvalue weighted by molar-refractivity contribution is 9.10. The molecular formula is C23H29BrClN3O4S. The highest BCUT2D eigenvalue weighted by atomic mass is 79.9. The molecule has 0 spiro atoms. The third kappa shape index (κ3) is 8.01. The van der Waals surface area contributed by atoms with Gasteiger partial charge in [-0.15, -0.1) is 0 Å². The van der Waals surface area contributed by atoms with Gasteiger partial charge in [-0.1, -0.05) is 49.7 Å². The summed E-state index contributed by atoms with van der Waals surface area (Å²) in [5.41, 5.74) is 1.11. The first-order valence-electron chi connectivity index (χ1n) is 10.4. The Morgan fingerprint density at radius 1 is 1.06 bits per heavy atom. The van der Waals surface area contributed by atoms with E-state index in [0.717, 1.165) is 16.1 Å². The molecular weight excluding hydrogens is 530 g/mol. The predicted molar refractivity (Wildman–Crippen MR) is 136 cm³/mol. The van der Waals surface area contributed by atoms with Crippen LogP contribution in [-0.2, 0) is 26.2 Å². The summed E-state index contributed by atoms with van der Waals surface area (Å²) in [5.74, 6) is -0.561. The fourth-order valence-electron chi connectivity index (χ4n) is 3.07. The monoisotopic (exact) mass is 557 g/mol. The van der Waals surface area contributed by atoms with E-state index in [1.807, 2.05) is 13.8 Å². The molecule has 1 atom stereocenters. The molecule has 0 saturated heterocycles. The Kier molecular flexibility index (Phi) is 9.75. The minimum Gasteiger partial charge on any atom is -0.354 e. The van der Waals surface area contributed by atoms with E-state index in [1.165, 1.54) is 4.90 Å². The molecule has 0 radical (unpaired) electrons. The predicted octanol–water partition coefficient (Wildman–Crippen LogP) is 4.06. The normalized spacial score (nSPS) is 12.3. The summed E-state index contributed by atoms with van der Waals surface area (Å²) in [6, 6.07) is 12.9. The third-order valence-corrected chi connectivity index (χ3v) is 6.97. The number of carbonyl (C=O) groups is 2. The number of nitrogens with zero attached hydrogens (tertiary/aromatic N) is 2. The molecule has 1 N–H and O–H groups in total. The van der Waals surface area contributed by atoms with Crippen molar-refractivity contribution in [1.82, 2.24) is 10.2 Å². The lowest BCUT2D eigenvalue weighted by Gasteiger charge is -2.32. The van der Waals surface area contributed by atoms with Crippen LogP contribution in [0.15, 0.2) is 53.0 Å². The van der Waals surface area contributed by atoms with Gasteiger partial charge in [0.2, 0.25) is 21.8 Å². The van der Waals surface area contributed by atoms with Gasteiger partial charge in [-0.3, -0.25) is 13.9 Å². The molecule has 10 heteroatoms. The number of rotatable bonds is 10. The van der Waals surface area contributed by atoms with Crippen molar-refractivity contribution in [3.63, 3.8) is 0 Å². The lowest BCUT2D eigenvalue weighted by molar-refractivity contribution is -0.139. The van der Waals surface area contributed by atoms with Gasteiger partial charge in [0.05, 0.1) is 11.9 Å². The van der Waals surface area contributed by atoms with E-state index in [9.17, 15) is 18.0 Å². The van der Waals surface area contributed by atoms with Crippen molar-refractivity contribution in [3.05, 3.63) is 63.6 Å². The molecule has 0 bridgehead atoms. The SMILES string of the molecule is CC(C)CNC(=O)[C@H](C)N(Cc1ccc(Cl)cc1)C(=O)CN(c1ccccc1Br)S(C)(=O)=O.